The number of amides is 1. The second-order valence-corrected chi connectivity index (χ2v) is 9.70. The van der Waals surface area contributed by atoms with E-state index in [2.05, 4.69) is 40.1 Å². The highest BCUT2D eigenvalue weighted by atomic mass is 16.4. The number of hydrogen-bond acceptors (Lipinski definition) is 4. The lowest BCUT2D eigenvalue weighted by Crippen LogP contribution is -2.64. The predicted octanol–water partition coefficient (Wildman–Crippen LogP) is 3.81. The van der Waals surface area contributed by atoms with Crippen molar-refractivity contribution < 1.29 is 9.21 Å². The van der Waals surface area contributed by atoms with Crippen LogP contribution in [0.15, 0.2) is 45.6 Å². The topological polar surface area (TPSA) is 53.8 Å². The normalized spacial score (nSPS) is 28.3. The number of benzene rings is 1. The summed E-state index contributed by atoms with van der Waals surface area (Å²) < 4.78 is 5.27. The molecule has 3 aliphatic rings. The van der Waals surface area contributed by atoms with Crippen LogP contribution in [-0.4, -0.2) is 47.4 Å². The first-order valence-electron chi connectivity index (χ1n) is 11.7. The molecular formula is C26H32N2O3. The number of carbonyl (C=O) groups excluding carboxylic acids is 1. The molecule has 0 spiro atoms. The SMILES string of the molecule is Cc1cc(=O)oc(C)c1C(=O)N1C[C@H]2C[C@@H](C1)[C@H](Cc1ccccc1)N1CCCC[C@@H]21. The highest BCUT2D eigenvalue weighted by molar-refractivity contribution is 5.96. The molecule has 2 bridgehead atoms. The third-order valence-electron chi connectivity index (χ3n) is 7.74. The van der Waals surface area contributed by atoms with Gasteiger partial charge >= 0.3 is 5.63 Å². The summed E-state index contributed by atoms with van der Waals surface area (Å²) in [7, 11) is 0. The van der Waals surface area contributed by atoms with Crippen LogP contribution in [0, 0.1) is 25.7 Å². The van der Waals surface area contributed by atoms with E-state index in [-0.39, 0.29) is 11.5 Å². The number of fused-ring (bicyclic) bond motifs is 4. The number of nitrogens with zero attached hydrogens (tertiary/aromatic N) is 2. The van der Waals surface area contributed by atoms with E-state index in [1.807, 2.05) is 6.92 Å². The van der Waals surface area contributed by atoms with Crippen molar-refractivity contribution in [1.82, 2.24) is 9.80 Å². The molecule has 4 heterocycles. The van der Waals surface area contributed by atoms with Crippen LogP contribution < -0.4 is 5.63 Å². The zero-order valence-electron chi connectivity index (χ0n) is 18.5. The molecule has 1 aromatic heterocycles. The molecule has 3 saturated heterocycles. The summed E-state index contributed by atoms with van der Waals surface area (Å²) >= 11 is 0. The molecule has 5 heteroatoms. The van der Waals surface area contributed by atoms with Crippen LogP contribution in [0.25, 0.3) is 0 Å². The maximum atomic E-state index is 13.6. The molecule has 0 N–H and O–H groups in total. The number of piperidine rings is 3. The van der Waals surface area contributed by atoms with Crippen LogP contribution in [0.5, 0.6) is 0 Å². The van der Waals surface area contributed by atoms with Gasteiger partial charge in [0, 0.05) is 31.2 Å². The minimum absolute atomic E-state index is 0.0242. The Balaban J connectivity index is 1.44. The van der Waals surface area contributed by atoms with E-state index < -0.39 is 0 Å². The van der Waals surface area contributed by atoms with Gasteiger partial charge in [-0.1, -0.05) is 36.8 Å². The first-order chi connectivity index (χ1) is 15.0. The number of likely N-dealkylation sites (tertiary alicyclic amines) is 1. The van der Waals surface area contributed by atoms with Crippen molar-refractivity contribution in [2.75, 3.05) is 19.6 Å². The van der Waals surface area contributed by atoms with E-state index in [9.17, 15) is 9.59 Å². The molecular weight excluding hydrogens is 388 g/mol. The van der Waals surface area contributed by atoms with E-state index >= 15 is 0 Å². The van der Waals surface area contributed by atoms with Crippen molar-refractivity contribution >= 4 is 5.91 Å². The summed E-state index contributed by atoms with van der Waals surface area (Å²) in [6, 6.07) is 13.3. The molecule has 0 unspecified atom stereocenters. The smallest absolute Gasteiger partial charge is 0.336 e. The summed E-state index contributed by atoms with van der Waals surface area (Å²) in [5.74, 6) is 1.47. The Morgan fingerprint density at radius 2 is 1.87 bits per heavy atom. The predicted molar refractivity (Wildman–Crippen MR) is 120 cm³/mol. The van der Waals surface area contributed by atoms with Gasteiger partial charge in [-0.25, -0.2) is 4.79 Å². The summed E-state index contributed by atoms with van der Waals surface area (Å²) in [6.07, 6.45) is 6.07. The van der Waals surface area contributed by atoms with E-state index in [1.54, 1.807) is 6.92 Å². The minimum atomic E-state index is -0.386. The van der Waals surface area contributed by atoms with Crippen molar-refractivity contribution in [3.05, 3.63) is 69.3 Å². The largest absolute Gasteiger partial charge is 0.427 e. The van der Waals surface area contributed by atoms with E-state index in [0.29, 0.717) is 35.2 Å². The lowest BCUT2D eigenvalue weighted by Gasteiger charge is -2.57. The Labute approximate surface area is 184 Å². The summed E-state index contributed by atoms with van der Waals surface area (Å²) in [5, 5.41) is 0. The fourth-order valence-corrected chi connectivity index (χ4v) is 6.45. The van der Waals surface area contributed by atoms with Gasteiger partial charge in [-0.3, -0.25) is 9.69 Å². The second kappa shape index (κ2) is 8.27. The molecule has 3 aliphatic heterocycles. The van der Waals surface area contributed by atoms with E-state index in [4.69, 9.17) is 4.42 Å². The van der Waals surface area contributed by atoms with Crippen molar-refractivity contribution in [2.24, 2.45) is 11.8 Å². The number of hydrogen-bond donors (Lipinski definition) is 0. The van der Waals surface area contributed by atoms with Gasteiger partial charge in [0.25, 0.3) is 5.91 Å². The first-order valence-corrected chi connectivity index (χ1v) is 11.7. The molecule has 5 nitrogen and oxygen atoms in total. The van der Waals surface area contributed by atoms with Gasteiger partial charge in [-0.2, -0.15) is 0 Å². The molecule has 1 amide bonds. The quantitative estimate of drug-likeness (QED) is 0.758. The van der Waals surface area contributed by atoms with Crippen molar-refractivity contribution in [3.63, 3.8) is 0 Å². The Hall–Kier alpha value is -2.40. The molecule has 5 rings (SSSR count). The van der Waals surface area contributed by atoms with Crippen LogP contribution in [0.3, 0.4) is 0 Å². The van der Waals surface area contributed by atoms with Gasteiger partial charge in [0.15, 0.2) is 0 Å². The Kier molecular flexibility index (Phi) is 5.47. The molecule has 0 saturated carbocycles. The molecule has 31 heavy (non-hydrogen) atoms. The number of carbonyl (C=O) groups is 1. The lowest BCUT2D eigenvalue weighted by atomic mass is 9.71. The van der Waals surface area contributed by atoms with Crippen LogP contribution in [-0.2, 0) is 6.42 Å². The molecule has 0 aliphatic carbocycles. The average Bonchev–Trinajstić information content (AvgIpc) is 2.76. The van der Waals surface area contributed by atoms with Crippen LogP contribution >= 0.6 is 0 Å². The number of aryl methyl sites for hydroxylation is 2. The Morgan fingerprint density at radius 1 is 1.10 bits per heavy atom. The highest BCUT2D eigenvalue weighted by Gasteiger charge is 2.48. The molecule has 164 valence electrons. The highest BCUT2D eigenvalue weighted by Crippen LogP contribution is 2.42. The Bertz CT molecular complexity index is 989. The molecule has 1 aromatic carbocycles. The summed E-state index contributed by atoms with van der Waals surface area (Å²) in [6.45, 7) is 6.35. The third-order valence-corrected chi connectivity index (χ3v) is 7.74. The fourth-order valence-electron chi connectivity index (χ4n) is 6.45. The van der Waals surface area contributed by atoms with Gasteiger partial charge in [0.2, 0.25) is 0 Å². The van der Waals surface area contributed by atoms with E-state index in [1.165, 1.54) is 43.9 Å². The van der Waals surface area contributed by atoms with Crippen LogP contribution in [0.1, 0.15) is 52.9 Å². The van der Waals surface area contributed by atoms with Gasteiger partial charge in [0.1, 0.15) is 5.76 Å². The molecule has 3 fully saturated rings. The Morgan fingerprint density at radius 3 is 2.65 bits per heavy atom. The zero-order chi connectivity index (χ0) is 21.5. The lowest BCUT2D eigenvalue weighted by molar-refractivity contribution is -0.0642. The number of rotatable bonds is 3. The zero-order valence-corrected chi connectivity index (χ0v) is 18.5. The van der Waals surface area contributed by atoms with Gasteiger partial charge < -0.3 is 9.32 Å². The van der Waals surface area contributed by atoms with Gasteiger partial charge in [0.05, 0.1) is 5.56 Å². The van der Waals surface area contributed by atoms with Gasteiger partial charge in [-0.15, -0.1) is 0 Å². The van der Waals surface area contributed by atoms with Crippen molar-refractivity contribution in [2.45, 2.75) is 58.0 Å². The van der Waals surface area contributed by atoms with Crippen LogP contribution in [0.4, 0.5) is 0 Å². The maximum absolute atomic E-state index is 13.6. The minimum Gasteiger partial charge on any atom is -0.427 e. The maximum Gasteiger partial charge on any atom is 0.336 e. The fraction of sp³-hybridized carbons (Fsp3) is 0.538. The summed E-state index contributed by atoms with van der Waals surface area (Å²) in [4.78, 5) is 30.1. The standard InChI is InChI=1S/C26H32N2O3/c1-17-12-24(29)31-18(2)25(17)26(30)27-15-20-14-21(16-27)23(13-19-8-4-3-5-9-19)28-11-7-6-10-22(20)28/h3-5,8-9,12,20-23H,6-7,10-11,13-16H2,1-2H3/t20-,21+,22+,23+/m1/s1. The molecule has 4 atom stereocenters. The van der Waals surface area contributed by atoms with Crippen molar-refractivity contribution in [3.8, 4) is 0 Å². The third kappa shape index (κ3) is 3.84. The summed E-state index contributed by atoms with van der Waals surface area (Å²) in [5.41, 5.74) is 2.28. The van der Waals surface area contributed by atoms with Gasteiger partial charge in [-0.05, 0) is 69.0 Å². The van der Waals surface area contributed by atoms with E-state index in [0.717, 1.165) is 25.1 Å². The molecule has 2 aromatic rings. The monoisotopic (exact) mass is 420 g/mol. The molecule has 0 radical (unpaired) electrons. The second-order valence-electron chi connectivity index (χ2n) is 9.70. The van der Waals surface area contributed by atoms with Crippen LogP contribution in [0.2, 0.25) is 0 Å². The average molecular weight is 421 g/mol. The first kappa shape index (κ1) is 20.5. The van der Waals surface area contributed by atoms with Crippen molar-refractivity contribution in [1.29, 1.82) is 0 Å².